The topological polar surface area (TPSA) is 73.6 Å². The van der Waals surface area contributed by atoms with Gasteiger partial charge in [0.2, 0.25) is 5.89 Å². The highest BCUT2D eigenvalue weighted by Gasteiger charge is 2.15. The number of thiophene rings is 1. The minimum atomic E-state index is -0.254. The molecule has 136 valence electrons. The van der Waals surface area contributed by atoms with Gasteiger partial charge in [-0.05, 0) is 43.5 Å². The molecule has 1 N–H and O–H groups in total. The summed E-state index contributed by atoms with van der Waals surface area (Å²) >= 11 is 1.55. The van der Waals surface area contributed by atoms with Gasteiger partial charge in [-0.25, -0.2) is 4.98 Å². The number of rotatable bonds is 8. The van der Waals surface area contributed by atoms with E-state index < -0.39 is 0 Å². The zero-order valence-electron chi connectivity index (χ0n) is 14.7. The van der Waals surface area contributed by atoms with Crippen molar-refractivity contribution in [1.82, 2.24) is 10.3 Å². The summed E-state index contributed by atoms with van der Waals surface area (Å²) in [7, 11) is 0. The van der Waals surface area contributed by atoms with Crippen molar-refractivity contribution in [3.63, 3.8) is 0 Å². The summed E-state index contributed by atoms with van der Waals surface area (Å²) in [6.07, 6.45) is 1.55. The van der Waals surface area contributed by atoms with Crippen LogP contribution in [0.4, 0.5) is 0 Å². The Balaban J connectivity index is 1.70. The van der Waals surface area contributed by atoms with Gasteiger partial charge in [-0.3, -0.25) is 4.79 Å². The number of ether oxygens (including phenoxy) is 2. The van der Waals surface area contributed by atoms with Crippen molar-refractivity contribution in [2.45, 2.75) is 20.4 Å². The average molecular weight is 372 g/mol. The Morgan fingerprint density at radius 3 is 2.81 bits per heavy atom. The van der Waals surface area contributed by atoms with Crippen molar-refractivity contribution >= 4 is 17.2 Å². The molecule has 0 unspecified atom stereocenters. The first kappa shape index (κ1) is 18.0. The summed E-state index contributed by atoms with van der Waals surface area (Å²) < 4.78 is 16.5. The maximum atomic E-state index is 12.6. The fourth-order valence-electron chi connectivity index (χ4n) is 2.39. The summed E-state index contributed by atoms with van der Waals surface area (Å²) in [4.78, 5) is 17.9. The summed E-state index contributed by atoms with van der Waals surface area (Å²) in [5.41, 5.74) is 1.08. The smallest absolute Gasteiger partial charge is 0.255 e. The van der Waals surface area contributed by atoms with E-state index in [1.54, 1.807) is 35.8 Å². The summed E-state index contributed by atoms with van der Waals surface area (Å²) in [6.45, 7) is 5.03. The Kier molecular flexibility index (Phi) is 5.91. The highest BCUT2D eigenvalue weighted by atomic mass is 32.1. The van der Waals surface area contributed by atoms with Crippen LogP contribution in [0.1, 0.15) is 29.9 Å². The molecule has 26 heavy (non-hydrogen) atoms. The minimum absolute atomic E-state index is 0.254. The Labute approximate surface area is 155 Å². The number of nitrogens with zero attached hydrogens (tertiary/aromatic N) is 1. The Morgan fingerprint density at radius 1 is 1.23 bits per heavy atom. The number of hydrogen-bond acceptors (Lipinski definition) is 6. The first-order chi connectivity index (χ1) is 12.7. The maximum Gasteiger partial charge on any atom is 0.255 e. The van der Waals surface area contributed by atoms with Crippen molar-refractivity contribution in [2.24, 2.45) is 0 Å². The van der Waals surface area contributed by atoms with E-state index in [1.165, 1.54) is 0 Å². The monoisotopic (exact) mass is 372 g/mol. The average Bonchev–Trinajstić information content (AvgIpc) is 3.33. The van der Waals surface area contributed by atoms with Crippen LogP contribution >= 0.6 is 11.3 Å². The SMILES string of the molecule is CCOc1ccc(OCC)c(C(=O)NCc2coc(-c3cccs3)n2)c1. The van der Waals surface area contributed by atoms with Crippen LogP contribution in [0.25, 0.3) is 10.8 Å². The van der Waals surface area contributed by atoms with Crippen LogP contribution in [-0.2, 0) is 6.54 Å². The molecule has 0 atom stereocenters. The summed E-state index contributed by atoms with van der Waals surface area (Å²) in [6, 6.07) is 9.09. The van der Waals surface area contributed by atoms with Crippen molar-refractivity contribution in [1.29, 1.82) is 0 Å². The van der Waals surface area contributed by atoms with Gasteiger partial charge < -0.3 is 19.2 Å². The third-order valence-corrected chi connectivity index (χ3v) is 4.38. The van der Waals surface area contributed by atoms with Crippen LogP contribution in [-0.4, -0.2) is 24.1 Å². The number of amides is 1. The molecule has 2 aromatic heterocycles. The van der Waals surface area contributed by atoms with Gasteiger partial charge in [0, 0.05) is 0 Å². The second-order valence-electron chi connectivity index (χ2n) is 5.33. The first-order valence-electron chi connectivity index (χ1n) is 8.37. The predicted octanol–water partition coefficient (Wildman–Crippen LogP) is 4.13. The lowest BCUT2D eigenvalue weighted by atomic mass is 10.1. The van der Waals surface area contributed by atoms with Gasteiger partial charge in [-0.15, -0.1) is 11.3 Å². The van der Waals surface area contributed by atoms with E-state index in [9.17, 15) is 4.79 Å². The standard InChI is InChI=1S/C19H20N2O4S/c1-3-23-14-7-8-16(24-4-2)15(10-14)18(22)20-11-13-12-25-19(21-13)17-6-5-9-26-17/h5-10,12H,3-4,11H2,1-2H3,(H,20,22). The molecule has 0 spiro atoms. The maximum absolute atomic E-state index is 12.6. The van der Waals surface area contributed by atoms with Crippen LogP contribution in [0.5, 0.6) is 11.5 Å². The zero-order valence-corrected chi connectivity index (χ0v) is 15.5. The van der Waals surface area contributed by atoms with Crippen LogP contribution in [0.3, 0.4) is 0 Å². The van der Waals surface area contributed by atoms with Crippen LogP contribution in [0.15, 0.2) is 46.4 Å². The number of carbonyl (C=O) groups excluding carboxylic acids is 1. The van der Waals surface area contributed by atoms with Gasteiger partial charge in [0.25, 0.3) is 5.91 Å². The zero-order chi connectivity index (χ0) is 18.4. The molecule has 6 nitrogen and oxygen atoms in total. The van der Waals surface area contributed by atoms with Crippen molar-refractivity contribution in [3.8, 4) is 22.3 Å². The van der Waals surface area contributed by atoms with Crippen molar-refractivity contribution < 1.29 is 18.7 Å². The van der Waals surface area contributed by atoms with Gasteiger partial charge in [0.1, 0.15) is 17.8 Å². The Hall–Kier alpha value is -2.80. The second kappa shape index (κ2) is 8.53. The highest BCUT2D eigenvalue weighted by Crippen LogP contribution is 2.25. The van der Waals surface area contributed by atoms with Gasteiger partial charge in [-0.2, -0.15) is 0 Å². The second-order valence-corrected chi connectivity index (χ2v) is 6.28. The largest absolute Gasteiger partial charge is 0.494 e. The number of benzene rings is 1. The highest BCUT2D eigenvalue weighted by molar-refractivity contribution is 7.13. The molecule has 3 aromatic rings. The van der Waals surface area contributed by atoms with Crippen LogP contribution in [0, 0.1) is 0 Å². The molecule has 0 saturated heterocycles. The summed E-state index contributed by atoms with van der Waals surface area (Å²) in [5.74, 6) is 1.45. The third kappa shape index (κ3) is 4.23. The van der Waals surface area contributed by atoms with Gasteiger partial charge in [-0.1, -0.05) is 6.07 Å². The first-order valence-corrected chi connectivity index (χ1v) is 9.25. The molecule has 0 radical (unpaired) electrons. The molecule has 0 saturated carbocycles. The van der Waals surface area contributed by atoms with E-state index in [0.717, 1.165) is 4.88 Å². The summed E-state index contributed by atoms with van der Waals surface area (Å²) in [5, 5.41) is 4.81. The molecule has 0 fully saturated rings. The number of carbonyl (C=O) groups is 1. The van der Waals surface area contributed by atoms with E-state index >= 15 is 0 Å². The number of oxazole rings is 1. The van der Waals surface area contributed by atoms with E-state index in [0.29, 0.717) is 41.9 Å². The molecule has 1 amide bonds. The van der Waals surface area contributed by atoms with E-state index in [-0.39, 0.29) is 12.5 Å². The molecule has 3 rings (SSSR count). The molecule has 0 bridgehead atoms. The molecular formula is C19H20N2O4S. The van der Waals surface area contributed by atoms with Crippen LogP contribution in [0.2, 0.25) is 0 Å². The molecule has 2 heterocycles. The fraction of sp³-hybridized carbons (Fsp3) is 0.263. The van der Waals surface area contributed by atoms with Crippen molar-refractivity contribution in [3.05, 3.63) is 53.2 Å². The molecule has 1 aromatic carbocycles. The lowest BCUT2D eigenvalue weighted by Gasteiger charge is -2.12. The Bertz CT molecular complexity index is 858. The third-order valence-electron chi connectivity index (χ3n) is 3.52. The number of hydrogen-bond donors (Lipinski definition) is 1. The Morgan fingerprint density at radius 2 is 2.08 bits per heavy atom. The number of aromatic nitrogens is 1. The predicted molar refractivity (Wildman–Crippen MR) is 99.8 cm³/mol. The van der Waals surface area contributed by atoms with Crippen LogP contribution < -0.4 is 14.8 Å². The fourth-order valence-corrected chi connectivity index (χ4v) is 3.05. The normalized spacial score (nSPS) is 10.5. The quantitative estimate of drug-likeness (QED) is 0.643. The van der Waals surface area contributed by atoms with E-state index in [1.807, 2.05) is 31.4 Å². The lowest BCUT2D eigenvalue weighted by Crippen LogP contribution is -2.23. The lowest BCUT2D eigenvalue weighted by molar-refractivity contribution is 0.0946. The molecule has 0 aliphatic rings. The van der Waals surface area contributed by atoms with Gasteiger partial charge >= 0.3 is 0 Å². The van der Waals surface area contributed by atoms with Gasteiger partial charge in [0.05, 0.1) is 35.9 Å². The van der Waals surface area contributed by atoms with Gasteiger partial charge in [0.15, 0.2) is 0 Å². The van der Waals surface area contributed by atoms with E-state index in [2.05, 4.69) is 10.3 Å². The molecule has 0 aliphatic carbocycles. The molecule has 0 aliphatic heterocycles. The van der Waals surface area contributed by atoms with Crippen molar-refractivity contribution in [2.75, 3.05) is 13.2 Å². The van der Waals surface area contributed by atoms with E-state index in [4.69, 9.17) is 13.9 Å². The number of nitrogens with one attached hydrogen (secondary N) is 1. The minimum Gasteiger partial charge on any atom is -0.494 e. The molecular weight excluding hydrogens is 352 g/mol. The molecule has 7 heteroatoms.